The zero-order valence-electron chi connectivity index (χ0n) is 13.6. The summed E-state index contributed by atoms with van der Waals surface area (Å²) in [5.41, 5.74) is 2.26. The van der Waals surface area contributed by atoms with Gasteiger partial charge in [-0.1, -0.05) is 24.3 Å². The van der Waals surface area contributed by atoms with E-state index >= 15 is 0 Å². The van der Waals surface area contributed by atoms with E-state index in [-0.39, 0.29) is 23.0 Å². The molecular formula is C19H26O2. The molecule has 0 bridgehead atoms. The van der Waals surface area contributed by atoms with Crippen LogP contribution in [0, 0.1) is 11.8 Å². The maximum Gasteiger partial charge on any atom is 0.142 e. The molecule has 21 heavy (non-hydrogen) atoms. The number of carbonyl (C=O) groups excluding carboxylic acids is 1. The quantitative estimate of drug-likeness (QED) is 0.822. The van der Waals surface area contributed by atoms with E-state index in [9.17, 15) is 4.79 Å². The van der Waals surface area contributed by atoms with Crippen molar-refractivity contribution in [3.05, 3.63) is 35.4 Å². The molecule has 2 unspecified atom stereocenters. The summed E-state index contributed by atoms with van der Waals surface area (Å²) >= 11 is 0. The number of hydrogen-bond donors (Lipinski definition) is 0. The van der Waals surface area contributed by atoms with Gasteiger partial charge in [0.2, 0.25) is 0 Å². The lowest BCUT2D eigenvalue weighted by molar-refractivity contribution is -0.133. The molecule has 0 amide bonds. The van der Waals surface area contributed by atoms with Crippen molar-refractivity contribution in [2.45, 2.75) is 64.6 Å². The maximum absolute atomic E-state index is 13.0. The summed E-state index contributed by atoms with van der Waals surface area (Å²) in [6, 6.07) is 8.55. The van der Waals surface area contributed by atoms with Gasteiger partial charge in [0.05, 0.1) is 11.2 Å². The molecular weight excluding hydrogens is 260 g/mol. The van der Waals surface area contributed by atoms with E-state index in [1.165, 1.54) is 11.1 Å². The predicted molar refractivity (Wildman–Crippen MR) is 84.3 cm³/mol. The lowest BCUT2D eigenvalue weighted by Gasteiger charge is -2.31. The highest BCUT2D eigenvalue weighted by Gasteiger charge is 2.50. The number of ketones is 1. The van der Waals surface area contributed by atoms with Gasteiger partial charge in [0.25, 0.3) is 0 Å². The fourth-order valence-electron chi connectivity index (χ4n) is 4.23. The highest BCUT2D eigenvalue weighted by molar-refractivity contribution is 5.85. The van der Waals surface area contributed by atoms with Crippen molar-refractivity contribution in [3.63, 3.8) is 0 Å². The maximum atomic E-state index is 13.0. The Kier molecular flexibility index (Phi) is 3.48. The van der Waals surface area contributed by atoms with Gasteiger partial charge in [-0.2, -0.15) is 0 Å². The number of benzene rings is 1. The third-order valence-corrected chi connectivity index (χ3v) is 5.17. The summed E-state index contributed by atoms with van der Waals surface area (Å²) in [6.45, 7) is 8.33. The predicted octanol–water partition coefficient (Wildman–Crippen LogP) is 3.95. The second-order valence-electron chi connectivity index (χ2n) is 7.83. The number of Topliss-reactive ketones (excluding diaryl/α,β-unsaturated/α-hetero) is 1. The summed E-state index contributed by atoms with van der Waals surface area (Å²) in [6.07, 6.45) is 3.77. The van der Waals surface area contributed by atoms with E-state index < -0.39 is 0 Å². The normalized spacial score (nSPS) is 29.9. The topological polar surface area (TPSA) is 26.3 Å². The zero-order valence-corrected chi connectivity index (χ0v) is 13.6. The standard InChI is InChI=1S/C19H26O2/c1-18(2)12-16(19(3,4)21-18)17(20)15-10-9-13-7-5-6-8-14(13)11-15/h5-8,15-16H,9-12H2,1-4H3. The summed E-state index contributed by atoms with van der Waals surface area (Å²) in [5.74, 6) is 0.615. The second-order valence-corrected chi connectivity index (χ2v) is 7.83. The Bertz CT molecular complexity index is 556. The molecule has 0 aromatic heterocycles. The van der Waals surface area contributed by atoms with Crippen molar-refractivity contribution >= 4 is 5.78 Å². The smallest absolute Gasteiger partial charge is 0.142 e. The molecule has 1 fully saturated rings. The SMILES string of the molecule is CC1(C)CC(C(=O)C2CCc3ccccc3C2)C(C)(C)O1. The van der Waals surface area contributed by atoms with Crippen molar-refractivity contribution in [2.24, 2.45) is 11.8 Å². The molecule has 114 valence electrons. The third-order valence-electron chi connectivity index (χ3n) is 5.17. The van der Waals surface area contributed by atoms with Gasteiger partial charge in [-0.05, 0) is 64.5 Å². The Hall–Kier alpha value is -1.15. The van der Waals surface area contributed by atoms with Crippen LogP contribution in [0.15, 0.2) is 24.3 Å². The minimum absolute atomic E-state index is 0.0303. The van der Waals surface area contributed by atoms with Gasteiger partial charge in [0.1, 0.15) is 5.78 Å². The zero-order chi connectivity index (χ0) is 15.3. The van der Waals surface area contributed by atoms with Crippen molar-refractivity contribution in [1.29, 1.82) is 0 Å². The van der Waals surface area contributed by atoms with Gasteiger partial charge < -0.3 is 4.74 Å². The number of fused-ring (bicyclic) bond motifs is 1. The minimum atomic E-state index is -0.336. The highest BCUT2D eigenvalue weighted by Crippen LogP contribution is 2.44. The molecule has 2 heteroatoms. The Labute approximate surface area is 127 Å². The molecule has 1 aliphatic heterocycles. The summed E-state index contributed by atoms with van der Waals surface area (Å²) in [7, 11) is 0. The van der Waals surface area contributed by atoms with Gasteiger partial charge in [-0.15, -0.1) is 0 Å². The highest BCUT2D eigenvalue weighted by atomic mass is 16.5. The molecule has 2 nitrogen and oxygen atoms in total. The van der Waals surface area contributed by atoms with E-state index in [0.717, 1.165) is 25.7 Å². The van der Waals surface area contributed by atoms with Crippen molar-refractivity contribution < 1.29 is 9.53 Å². The number of ether oxygens (including phenoxy) is 1. The van der Waals surface area contributed by atoms with Crippen LogP contribution in [0.1, 0.15) is 51.7 Å². The first-order chi connectivity index (χ1) is 9.78. The fourth-order valence-corrected chi connectivity index (χ4v) is 4.23. The van der Waals surface area contributed by atoms with Gasteiger partial charge in [-0.25, -0.2) is 0 Å². The number of aryl methyl sites for hydroxylation is 1. The molecule has 1 aromatic rings. The Morgan fingerprint density at radius 1 is 1.14 bits per heavy atom. The van der Waals surface area contributed by atoms with Gasteiger partial charge >= 0.3 is 0 Å². The van der Waals surface area contributed by atoms with Crippen LogP contribution in [-0.2, 0) is 22.4 Å². The van der Waals surface area contributed by atoms with Crippen molar-refractivity contribution in [2.75, 3.05) is 0 Å². The molecule has 3 rings (SSSR count). The molecule has 0 N–H and O–H groups in total. The first kappa shape index (κ1) is 14.8. The van der Waals surface area contributed by atoms with Crippen LogP contribution >= 0.6 is 0 Å². The molecule has 1 aliphatic carbocycles. The number of rotatable bonds is 2. The molecule has 2 aliphatic rings. The number of hydrogen-bond acceptors (Lipinski definition) is 2. The Morgan fingerprint density at radius 3 is 2.43 bits per heavy atom. The lowest BCUT2D eigenvalue weighted by Crippen LogP contribution is -2.38. The molecule has 2 atom stereocenters. The summed E-state index contributed by atoms with van der Waals surface area (Å²) in [4.78, 5) is 13.0. The average molecular weight is 286 g/mol. The van der Waals surface area contributed by atoms with E-state index in [0.29, 0.717) is 5.78 Å². The van der Waals surface area contributed by atoms with Crippen LogP contribution in [0.2, 0.25) is 0 Å². The minimum Gasteiger partial charge on any atom is -0.369 e. The second kappa shape index (κ2) is 4.95. The van der Waals surface area contributed by atoms with Gasteiger partial charge in [0, 0.05) is 11.8 Å². The van der Waals surface area contributed by atoms with Crippen LogP contribution in [-0.4, -0.2) is 17.0 Å². The van der Waals surface area contributed by atoms with Crippen LogP contribution in [0.25, 0.3) is 0 Å². The molecule has 1 heterocycles. The van der Waals surface area contributed by atoms with Crippen LogP contribution < -0.4 is 0 Å². The number of carbonyl (C=O) groups is 1. The van der Waals surface area contributed by atoms with E-state index in [1.54, 1.807) is 0 Å². The van der Waals surface area contributed by atoms with Crippen LogP contribution in [0.5, 0.6) is 0 Å². The van der Waals surface area contributed by atoms with Crippen molar-refractivity contribution in [1.82, 2.24) is 0 Å². The van der Waals surface area contributed by atoms with Crippen LogP contribution in [0.4, 0.5) is 0 Å². The summed E-state index contributed by atoms with van der Waals surface area (Å²) in [5, 5.41) is 0. The first-order valence-corrected chi connectivity index (χ1v) is 8.09. The van der Waals surface area contributed by atoms with Crippen molar-refractivity contribution in [3.8, 4) is 0 Å². The lowest BCUT2D eigenvalue weighted by atomic mass is 9.73. The van der Waals surface area contributed by atoms with Gasteiger partial charge in [-0.3, -0.25) is 4.79 Å². The fraction of sp³-hybridized carbons (Fsp3) is 0.632. The Balaban J connectivity index is 1.78. The largest absolute Gasteiger partial charge is 0.369 e. The van der Waals surface area contributed by atoms with E-state index in [4.69, 9.17) is 4.74 Å². The molecule has 0 saturated carbocycles. The molecule has 0 radical (unpaired) electrons. The third kappa shape index (κ3) is 2.78. The first-order valence-electron chi connectivity index (χ1n) is 8.09. The monoisotopic (exact) mass is 286 g/mol. The summed E-state index contributed by atoms with van der Waals surface area (Å²) < 4.78 is 6.11. The van der Waals surface area contributed by atoms with Crippen LogP contribution in [0.3, 0.4) is 0 Å². The molecule has 1 aromatic carbocycles. The van der Waals surface area contributed by atoms with E-state index in [2.05, 4.69) is 52.0 Å². The van der Waals surface area contributed by atoms with E-state index in [1.807, 2.05) is 0 Å². The average Bonchev–Trinajstić information content (AvgIpc) is 2.65. The Morgan fingerprint density at radius 2 is 1.81 bits per heavy atom. The molecule has 1 saturated heterocycles. The molecule has 0 spiro atoms. The van der Waals surface area contributed by atoms with Gasteiger partial charge in [0.15, 0.2) is 0 Å².